The largest absolute Gasteiger partial charge is 0.376 e. The van der Waals surface area contributed by atoms with Crippen molar-refractivity contribution >= 4 is 11.6 Å². The fourth-order valence-corrected chi connectivity index (χ4v) is 4.83. The van der Waals surface area contributed by atoms with Crippen LogP contribution in [0.4, 0.5) is 5.69 Å². The molecule has 5 rings (SSSR count). The van der Waals surface area contributed by atoms with Gasteiger partial charge in [-0.1, -0.05) is 6.07 Å². The molecule has 0 aliphatic carbocycles. The van der Waals surface area contributed by atoms with Crippen molar-refractivity contribution in [2.45, 2.75) is 18.5 Å². The molecule has 0 bridgehead atoms. The zero-order valence-electron chi connectivity index (χ0n) is 16.3. The average Bonchev–Trinajstić information content (AvgIpc) is 3.24. The molecule has 3 aliphatic rings. The fourth-order valence-electron chi connectivity index (χ4n) is 4.83. The highest BCUT2D eigenvalue weighted by molar-refractivity contribution is 5.95. The lowest BCUT2D eigenvalue weighted by Crippen LogP contribution is -2.47. The van der Waals surface area contributed by atoms with Gasteiger partial charge in [0.1, 0.15) is 0 Å². The number of anilines is 1. The summed E-state index contributed by atoms with van der Waals surface area (Å²) in [6, 6.07) is 12.7. The molecule has 1 amide bonds. The first-order chi connectivity index (χ1) is 13.7. The van der Waals surface area contributed by atoms with Crippen LogP contribution in [0.25, 0.3) is 0 Å². The summed E-state index contributed by atoms with van der Waals surface area (Å²) < 4.78 is 0. The third-order valence-corrected chi connectivity index (χ3v) is 6.44. The second-order valence-electron chi connectivity index (χ2n) is 8.16. The summed E-state index contributed by atoms with van der Waals surface area (Å²) in [6.07, 6.45) is 2.97. The van der Waals surface area contributed by atoms with Crippen LogP contribution in [0.1, 0.15) is 40.1 Å². The predicted molar refractivity (Wildman–Crippen MR) is 109 cm³/mol. The maximum atomic E-state index is 13.0. The molecule has 1 aromatic heterocycles. The van der Waals surface area contributed by atoms with Crippen molar-refractivity contribution in [3.63, 3.8) is 0 Å². The first kappa shape index (κ1) is 17.6. The Hall–Kier alpha value is -2.44. The van der Waals surface area contributed by atoms with Crippen LogP contribution in [0.3, 0.4) is 0 Å². The van der Waals surface area contributed by atoms with Gasteiger partial charge in [-0.25, -0.2) is 0 Å². The van der Waals surface area contributed by atoms with Crippen molar-refractivity contribution in [3.8, 4) is 0 Å². The van der Waals surface area contributed by atoms with Gasteiger partial charge in [0.2, 0.25) is 0 Å². The number of pyridine rings is 1. The van der Waals surface area contributed by atoms with Crippen LogP contribution in [-0.4, -0.2) is 60.5 Å². The minimum absolute atomic E-state index is 0.150. The number of amides is 1. The normalized spacial score (nSPS) is 27.0. The van der Waals surface area contributed by atoms with Gasteiger partial charge in [0.05, 0.1) is 11.7 Å². The third kappa shape index (κ3) is 3.06. The molecular weight excluding hydrogens is 350 g/mol. The Morgan fingerprint density at radius 2 is 1.96 bits per heavy atom. The summed E-state index contributed by atoms with van der Waals surface area (Å²) in [4.78, 5) is 21.9. The molecule has 2 N–H and O–H groups in total. The molecular formula is C22H27N5O. The summed E-state index contributed by atoms with van der Waals surface area (Å²) in [5.74, 6) is 0.591. The molecule has 3 atom stereocenters. The molecule has 28 heavy (non-hydrogen) atoms. The van der Waals surface area contributed by atoms with Crippen molar-refractivity contribution in [1.82, 2.24) is 20.1 Å². The summed E-state index contributed by atoms with van der Waals surface area (Å²) in [6.45, 7) is 4.48. The Morgan fingerprint density at radius 1 is 1.11 bits per heavy atom. The second kappa shape index (κ2) is 7.18. The second-order valence-corrected chi connectivity index (χ2v) is 8.16. The lowest BCUT2D eigenvalue weighted by atomic mass is 9.81. The molecule has 4 heterocycles. The maximum absolute atomic E-state index is 13.0. The molecule has 6 heteroatoms. The van der Waals surface area contributed by atoms with E-state index >= 15 is 0 Å². The highest BCUT2D eigenvalue weighted by atomic mass is 16.2. The van der Waals surface area contributed by atoms with Crippen LogP contribution < -0.4 is 10.6 Å². The van der Waals surface area contributed by atoms with Gasteiger partial charge < -0.3 is 20.4 Å². The minimum atomic E-state index is 0.150. The van der Waals surface area contributed by atoms with E-state index < -0.39 is 0 Å². The summed E-state index contributed by atoms with van der Waals surface area (Å²) in [7, 11) is 2.11. The number of rotatable bonds is 2. The van der Waals surface area contributed by atoms with Crippen molar-refractivity contribution < 1.29 is 4.79 Å². The van der Waals surface area contributed by atoms with E-state index in [0.29, 0.717) is 5.92 Å². The van der Waals surface area contributed by atoms with Gasteiger partial charge in [-0.2, -0.15) is 0 Å². The van der Waals surface area contributed by atoms with Gasteiger partial charge >= 0.3 is 0 Å². The topological polar surface area (TPSA) is 60.5 Å². The molecule has 6 nitrogen and oxygen atoms in total. The Kier molecular flexibility index (Phi) is 4.53. The van der Waals surface area contributed by atoms with Gasteiger partial charge in [0.25, 0.3) is 5.91 Å². The number of fused-ring (bicyclic) bond motifs is 3. The number of aromatic nitrogens is 1. The maximum Gasteiger partial charge on any atom is 0.253 e. The smallest absolute Gasteiger partial charge is 0.253 e. The Morgan fingerprint density at radius 3 is 2.75 bits per heavy atom. The van der Waals surface area contributed by atoms with Crippen LogP contribution in [0.5, 0.6) is 0 Å². The number of nitrogens with one attached hydrogen (secondary N) is 2. The van der Waals surface area contributed by atoms with Crippen LogP contribution in [0, 0.1) is 5.92 Å². The highest BCUT2D eigenvalue weighted by Crippen LogP contribution is 2.47. The van der Waals surface area contributed by atoms with Crippen LogP contribution in [-0.2, 0) is 0 Å². The summed E-state index contributed by atoms with van der Waals surface area (Å²) in [5.41, 5.74) is 4.22. The molecule has 2 fully saturated rings. The third-order valence-electron chi connectivity index (χ3n) is 6.44. The summed E-state index contributed by atoms with van der Waals surface area (Å²) >= 11 is 0. The van der Waals surface area contributed by atoms with Crippen LogP contribution in [0.15, 0.2) is 42.6 Å². The van der Waals surface area contributed by atoms with E-state index in [0.717, 1.165) is 56.1 Å². The van der Waals surface area contributed by atoms with Gasteiger partial charge in [-0.15, -0.1) is 0 Å². The van der Waals surface area contributed by atoms with Crippen molar-refractivity contribution in [2.24, 2.45) is 5.92 Å². The molecule has 0 radical (unpaired) electrons. The average molecular weight is 377 g/mol. The molecule has 1 aromatic carbocycles. The molecule has 0 spiro atoms. The molecule has 2 saturated heterocycles. The Bertz CT molecular complexity index is 862. The number of nitrogens with zero attached hydrogens (tertiary/aromatic N) is 3. The van der Waals surface area contributed by atoms with Crippen molar-refractivity contribution in [2.75, 3.05) is 45.1 Å². The predicted octanol–water partition coefficient (Wildman–Crippen LogP) is 2.29. The zero-order chi connectivity index (χ0) is 19.1. The van der Waals surface area contributed by atoms with Crippen LogP contribution in [0.2, 0.25) is 0 Å². The van der Waals surface area contributed by atoms with E-state index in [1.807, 2.05) is 23.2 Å². The first-order valence-corrected chi connectivity index (χ1v) is 10.2. The van der Waals surface area contributed by atoms with Crippen molar-refractivity contribution in [3.05, 3.63) is 59.4 Å². The van der Waals surface area contributed by atoms with E-state index in [9.17, 15) is 4.79 Å². The monoisotopic (exact) mass is 377 g/mol. The Balaban J connectivity index is 1.44. The number of hydrogen-bond acceptors (Lipinski definition) is 5. The number of carbonyl (C=O) groups excluding carboxylic acids is 1. The van der Waals surface area contributed by atoms with E-state index in [4.69, 9.17) is 0 Å². The quantitative estimate of drug-likeness (QED) is 0.841. The number of carbonyl (C=O) groups is 1. The lowest BCUT2D eigenvalue weighted by molar-refractivity contribution is 0.0664. The standard InChI is InChI=1S/C22H27N5O/c1-26-10-12-27(13-11-26)22(28)15-5-6-18-17(14-15)20-16(7-9-24-20)21(25-18)19-4-2-3-8-23-19/h2-6,8,14,16,20-21,24-25H,7,9-13H2,1H3. The van der Waals surface area contributed by atoms with E-state index in [1.165, 1.54) is 5.56 Å². The molecule has 2 aromatic rings. The van der Waals surface area contributed by atoms with E-state index in [-0.39, 0.29) is 18.0 Å². The van der Waals surface area contributed by atoms with Gasteiger partial charge in [0, 0.05) is 55.6 Å². The number of benzene rings is 1. The van der Waals surface area contributed by atoms with Gasteiger partial charge in [0.15, 0.2) is 0 Å². The SMILES string of the molecule is CN1CCN(C(=O)c2ccc3c(c2)C2NCCC2C(c2ccccn2)N3)CC1. The number of piperazine rings is 1. The van der Waals surface area contributed by atoms with Gasteiger partial charge in [-0.3, -0.25) is 9.78 Å². The van der Waals surface area contributed by atoms with Crippen molar-refractivity contribution in [1.29, 1.82) is 0 Å². The van der Waals surface area contributed by atoms with Crippen LogP contribution >= 0.6 is 0 Å². The first-order valence-electron chi connectivity index (χ1n) is 10.2. The number of likely N-dealkylation sites (N-methyl/N-ethyl adjacent to an activating group) is 1. The summed E-state index contributed by atoms with van der Waals surface area (Å²) in [5, 5.41) is 7.37. The highest BCUT2D eigenvalue weighted by Gasteiger charge is 2.41. The molecule has 3 aliphatic heterocycles. The minimum Gasteiger partial charge on any atom is -0.376 e. The molecule has 146 valence electrons. The molecule has 0 saturated carbocycles. The lowest BCUT2D eigenvalue weighted by Gasteiger charge is -2.37. The van der Waals surface area contributed by atoms with Gasteiger partial charge in [-0.05, 0) is 55.9 Å². The van der Waals surface area contributed by atoms with E-state index in [1.54, 1.807) is 0 Å². The Labute approximate surface area is 165 Å². The zero-order valence-corrected chi connectivity index (χ0v) is 16.3. The van der Waals surface area contributed by atoms with E-state index in [2.05, 4.69) is 51.8 Å². The number of hydrogen-bond donors (Lipinski definition) is 2. The fraction of sp³-hybridized carbons (Fsp3) is 0.455. The molecule has 3 unspecified atom stereocenters.